The number of aliphatic hydroxyl groups excluding tert-OH is 1. The Morgan fingerprint density at radius 3 is 2.47 bits per heavy atom. The highest BCUT2D eigenvalue weighted by Crippen LogP contribution is 2.24. The van der Waals surface area contributed by atoms with Gasteiger partial charge in [-0.05, 0) is 31.4 Å². The molecule has 0 aliphatic carbocycles. The van der Waals surface area contributed by atoms with Gasteiger partial charge >= 0.3 is 0 Å². The molecule has 0 spiro atoms. The van der Waals surface area contributed by atoms with Crippen LogP contribution < -0.4 is 0 Å². The van der Waals surface area contributed by atoms with Gasteiger partial charge in [0.25, 0.3) is 0 Å². The fourth-order valence-corrected chi connectivity index (χ4v) is 1.88. The smallest absolute Gasteiger partial charge is 0.105 e. The van der Waals surface area contributed by atoms with Gasteiger partial charge in [-0.15, -0.1) is 0 Å². The van der Waals surface area contributed by atoms with Crippen molar-refractivity contribution < 1.29 is 9.84 Å². The quantitative estimate of drug-likeness (QED) is 0.824. The van der Waals surface area contributed by atoms with E-state index in [0.717, 1.165) is 17.5 Å². The molecule has 2 atom stereocenters. The predicted molar refractivity (Wildman–Crippen MR) is 62.0 cm³/mol. The Morgan fingerprint density at radius 1 is 1.33 bits per heavy atom. The topological polar surface area (TPSA) is 29.5 Å². The van der Waals surface area contributed by atoms with Crippen LogP contribution in [0.25, 0.3) is 0 Å². The number of hydrogen-bond donors (Lipinski definition) is 1. The van der Waals surface area contributed by atoms with Crippen molar-refractivity contribution in [1.29, 1.82) is 0 Å². The lowest BCUT2D eigenvalue weighted by molar-refractivity contribution is -0.0151. The minimum atomic E-state index is -0.527. The highest BCUT2D eigenvalue weighted by molar-refractivity contribution is 5.32. The standard InChI is InChI=1S/C13H20O2/c1-5-12(15-4)13(14)11-7-6-9(2)8-10(11)3/h6-8,12-14H,5H2,1-4H3. The second kappa shape index (κ2) is 5.29. The van der Waals surface area contributed by atoms with Crippen molar-refractivity contribution in [2.75, 3.05) is 7.11 Å². The Kier molecular flexibility index (Phi) is 4.30. The van der Waals surface area contributed by atoms with Crippen molar-refractivity contribution in [2.45, 2.75) is 39.4 Å². The van der Waals surface area contributed by atoms with E-state index >= 15 is 0 Å². The molecule has 1 aromatic rings. The molecule has 0 amide bonds. The molecular formula is C13H20O2. The summed E-state index contributed by atoms with van der Waals surface area (Å²) in [6.45, 7) is 6.09. The van der Waals surface area contributed by atoms with Crippen LogP contribution in [0.1, 0.15) is 36.1 Å². The fraction of sp³-hybridized carbons (Fsp3) is 0.538. The Bertz CT molecular complexity index is 316. The summed E-state index contributed by atoms with van der Waals surface area (Å²) < 4.78 is 5.25. The van der Waals surface area contributed by atoms with Crippen molar-refractivity contribution in [3.63, 3.8) is 0 Å². The van der Waals surface area contributed by atoms with Crippen molar-refractivity contribution in [1.82, 2.24) is 0 Å². The van der Waals surface area contributed by atoms with Gasteiger partial charge in [-0.25, -0.2) is 0 Å². The van der Waals surface area contributed by atoms with Crippen LogP contribution in [0.5, 0.6) is 0 Å². The molecule has 84 valence electrons. The van der Waals surface area contributed by atoms with Crippen molar-refractivity contribution in [3.8, 4) is 0 Å². The summed E-state index contributed by atoms with van der Waals surface area (Å²) in [4.78, 5) is 0. The third-order valence-electron chi connectivity index (χ3n) is 2.80. The van der Waals surface area contributed by atoms with Gasteiger partial charge in [0.15, 0.2) is 0 Å². The van der Waals surface area contributed by atoms with E-state index in [9.17, 15) is 5.11 Å². The summed E-state index contributed by atoms with van der Waals surface area (Å²) >= 11 is 0. The van der Waals surface area contributed by atoms with Crippen LogP contribution in [0, 0.1) is 13.8 Å². The molecule has 1 rings (SSSR count). The summed E-state index contributed by atoms with van der Waals surface area (Å²) in [5.41, 5.74) is 3.31. The number of aliphatic hydroxyl groups is 1. The first-order valence-electron chi connectivity index (χ1n) is 5.38. The third kappa shape index (κ3) is 2.80. The van der Waals surface area contributed by atoms with E-state index < -0.39 is 6.10 Å². The van der Waals surface area contributed by atoms with Crippen LogP contribution in [0.2, 0.25) is 0 Å². The average molecular weight is 208 g/mol. The maximum absolute atomic E-state index is 10.1. The van der Waals surface area contributed by atoms with E-state index in [-0.39, 0.29) is 6.10 Å². The number of ether oxygens (including phenoxy) is 1. The molecule has 0 saturated heterocycles. The fourth-order valence-electron chi connectivity index (χ4n) is 1.88. The summed E-state index contributed by atoms with van der Waals surface area (Å²) in [6.07, 6.45) is 0.164. The zero-order valence-electron chi connectivity index (χ0n) is 9.95. The molecule has 0 aliphatic rings. The molecule has 2 unspecified atom stereocenters. The number of hydrogen-bond acceptors (Lipinski definition) is 2. The van der Waals surface area contributed by atoms with Gasteiger partial charge in [0.1, 0.15) is 6.10 Å². The predicted octanol–water partition coefficient (Wildman–Crippen LogP) is 2.76. The summed E-state index contributed by atoms with van der Waals surface area (Å²) in [5.74, 6) is 0. The largest absolute Gasteiger partial charge is 0.386 e. The number of methoxy groups -OCH3 is 1. The molecule has 0 heterocycles. The number of rotatable bonds is 4. The monoisotopic (exact) mass is 208 g/mol. The molecule has 0 aliphatic heterocycles. The number of aryl methyl sites for hydroxylation is 2. The zero-order chi connectivity index (χ0) is 11.4. The van der Waals surface area contributed by atoms with E-state index in [1.54, 1.807) is 7.11 Å². The van der Waals surface area contributed by atoms with Crippen LogP contribution in [-0.2, 0) is 4.74 Å². The molecule has 2 nitrogen and oxygen atoms in total. The van der Waals surface area contributed by atoms with Crippen LogP contribution in [0.3, 0.4) is 0 Å². The Morgan fingerprint density at radius 2 is 2.00 bits per heavy atom. The van der Waals surface area contributed by atoms with E-state index in [4.69, 9.17) is 4.74 Å². The molecule has 15 heavy (non-hydrogen) atoms. The highest BCUT2D eigenvalue weighted by Gasteiger charge is 2.19. The molecule has 0 bridgehead atoms. The lowest BCUT2D eigenvalue weighted by atomic mass is 9.97. The van der Waals surface area contributed by atoms with E-state index in [1.165, 1.54) is 5.56 Å². The number of benzene rings is 1. The van der Waals surface area contributed by atoms with E-state index in [2.05, 4.69) is 13.0 Å². The Balaban J connectivity index is 2.94. The average Bonchev–Trinajstić information content (AvgIpc) is 2.19. The first-order valence-corrected chi connectivity index (χ1v) is 5.38. The van der Waals surface area contributed by atoms with E-state index in [0.29, 0.717) is 0 Å². The maximum atomic E-state index is 10.1. The molecule has 1 N–H and O–H groups in total. The lowest BCUT2D eigenvalue weighted by Crippen LogP contribution is -2.20. The molecule has 0 fully saturated rings. The third-order valence-corrected chi connectivity index (χ3v) is 2.80. The SMILES string of the molecule is CCC(OC)C(O)c1ccc(C)cc1C. The van der Waals surface area contributed by atoms with Crippen LogP contribution in [0.4, 0.5) is 0 Å². The first-order chi connectivity index (χ1) is 7.10. The van der Waals surface area contributed by atoms with Gasteiger partial charge < -0.3 is 9.84 Å². The van der Waals surface area contributed by atoms with Gasteiger partial charge in [-0.1, -0.05) is 30.7 Å². The summed E-state index contributed by atoms with van der Waals surface area (Å²) in [6, 6.07) is 6.09. The van der Waals surface area contributed by atoms with Crippen molar-refractivity contribution in [2.24, 2.45) is 0 Å². The molecule has 2 heteroatoms. The van der Waals surface area contributed by atoms with Crippen molar-refractivity contribution >= 4 is 0 Å². The lowest BCUT2D eigenvalue weighted by Gasteiger charge is -2.22. The zero-order valence-corrected chi connectivity index (χ0v) is 9.95. The Labute approximate surface area is 91.9 Å². The van der Waals surface area contributed by atoms with Gasteiger partial charge in [0.2, 0.25) is 0 Å². The normalized spacial score (nSPS) is 15.0. The van der Waals surface area contributed by atoms with E-state index in [1.807, 2.05) is 26.0 Å². The summed E-state index contributed by atoms with van der Waals surface area (Å²) in [7, 11) is 1.64. The molecule has 1 aromatic carbocycles. The minimum absolute atomic E-state index is 0.119. The van der Waals surface area contributed by atoms with Crippen LogP contribution >= 0.6 is 0 Å². The van der Waals surface area contributed by atoms with Gasteiger partial charge in [-0.3, -0.25) is 0 Å². The molecular weight excluding hydrogens is 188 g/mol. The maximum Gasteiger partial charge on any atom is 0.105 e. The Hall–Kier alpha value is -0.860. The van der Waals surface area contributed by atoms with Crippen molar-refractivity contribution in [3.05, 3.63) is 34.9 Å². The van der Waals surface area contributed by atoms with Gasteiger partial charge in [0, 0.05) is 7.11 Å². The molecule has 0 aromatic heterocycles. The van der Waals surface area contributed by atoms with Gasteiger partial charge in [0.05, 0.1) is 6.10 Å². The first kappa shape index (κ1) is 12.2. The van der Waals surface area contributed by atoms with Gasteiger partial charge in [-0.2, -0.15) is 0 Å². The highest BCUT2D eigenvalue weighted by atomic mass is 16.5. The summed E-state index contributed by atoms with van der Waals surface area (Å²) in [5, 5.41) is 10.1. The molecule has 0 radical (unpaired) electrons. The second-order valence-corrected chi connectivity index (χ2v) is 3.99. The minimum Gasteiger partial charge on any atom is -0.386 e. The van der Waals surface area contributed by atoms with Crippen LogP contribution in [-0.4, -0.2) is 18.3 Å². The second-order valence-electron chi connectivity index (χ2n) is 3.99. The van der Waals surface area contributed by atoms with Crippen LogP contribution in [0.15, 0.2) is 18.2 Å². The molecule has 0 saturated carbocycles.